The number of hydrogen-bond acceptors (Lipinski definition) is 4. The van der Waals surface area contributed by atoms with Crippen molar-refractivity contribution < 1.29 is 18.0 Å². The molecule has 10 heteroatoms. The van der Waals surface area contributed by atoms with Crippen LogP contribution in [0.2, 0.25) is 5.02 Å². The van der Waals surface area contributed by atoms with Gasteiger partial charge in [-0.1, -0.05) is 89.9 Å². The highest BCUT2D eigenvalue weighted by Gasteiger charge is 2.34. The summed E-state index contributed by atoms with van der Waals surface area (Å²) in [6.07, 6.45) is 0.251. The van der Waals surface area contributed by atoms with E-state index < -0.39 is 28.5 Å². The lowest BCUT2D eigenvalue weighted by atomic mass is 10.0. The summed E-state index contributed by atoms with van der Waals surface area (Å²) in [5.41, 5.74) is 3.88. The van der Waals surface area contributed by atoms with Gasteiger partial charge in [0.25, 0.3) is 10.0 Å². The Balaban J connectivity index is 1.81. The molecular weight excluding hydrogens is 686 g/mol. The first-order chi connectivity index (χ1) is 21.8. The Bertz CT molecular complexity index is 1750. The number of halogens is 2. The molecule has 46 heavy (non-hydrogen) atoms. The van der Waals surface area contributed by atoms with Crippen molar-refractivity contribution in [1.29, 1.82) is 0 Å². The number of anilines is 1. The summed E-state index contributed by atoms with van der Waals surface area (Å²) in [4.78, 5) is 29.9. The van der Waals surface area contributed by atoms with Crippen molar-refractivity contribution in [3.05, 3.63) is 129 Å². The Morgan fingerprint density at radius 1 is 0.848 bits per heavy atom. The lowest BCUT2D eigenvalue weighted by Crippen LogP contribution is -2.53. The summed E-state index contributed by atoms with van der Waals surface area (Å²) < 4.78 is 30.4. The van der Waals surface area contributed by atoms with E-state index in [0.717, 1.165) is 31.0 Å². The van der Waals surface area contributed by atoms with Gasteiger partial charge < -0.3 is 10.2 Å². The van der Waals surface area contributed by atoms with Crippen molar-refractivity contribution in [2.75, 3.05) is 17.4 Å². The van der Waals surface area contributed by atoms with Gasteiger partial charge in [0.05, 0.1) is 10.6 Å². The zero-order valence-corrected chi connectivity index (χ0v) is 29.6. The standard InChI is InChI=1S/C36H39BrClN3O4S/c1-25(2)22-39-36(43)34(21-28-8-6-5-7-9-28)40(23-29-11-13-30(37)14-12-29)35(42)24-41(32-17-10-26(3)27(4)20-32)46(44,45)33-18-15-31(38)16-19-33/h5-20,25,34H,21-24H2,1-4H3,(H,39,43)/t34-/m0/s1. The van der Waals surface area contributed by atoms with Gasteiger partial charge in [0, 0.05) is 29.0 Å². The van der Waals surface area contributed by atoms with Gasteiger partial charge in [-0.2, -0.15) is 0 Å². The average molecular weight is 725 g/mol. The second-order valence-electron chi connectivity index (χ2n) is 11.7. The molecule has 0 spiro atoms. The molecule has 0 aliphatic rings. The number of hydrogen-bond donors (Lipinski definition) is 1. The average Bonchev–Trinajstić information content (AvgIpc) is 3.03. The fourth-order valence-electron chi connectivity index (χ4n) is 4.91. The molecule has 0 unspecified atom stereocenters. The molecule has 0 aliphatic carbocycles. The molecule has 0 aliphatic heterocycles. The number of sulfonamides is 1. The predicted octanol–water partition coefficient (Wildman–Crippen LogP) is 7.33. The maximum Gasteiger partial charge on any atom is 0.264 e. The van der Waals surface area contributed by atoms with Gasteiger partial charge in [0.15, 0.2) is 0 Å². The second kappa shape index (κ2) is 15.8. The highest BCUT2D eigenvalue weighted by Crippen LogP contribution is 2.28. The molecule has 0 heterocycles. The van der Waals surface area contributed by atoms with E-state index in [1.54, 1.807) is 12.1 Å². The molecule has 7 nitrogen and oxygen atoms in total. The van der Waals surface area contributed by atoms with Crippen molar-refractivity contribution in [2.24, 2.45) is 5.92 Å². The van der Waals surface area contributed by atoms with Gasteiger partial charge in [0.1, 0.15) is 12.6 Å². The van der Waals surface area contributed by atoms with E-state index in [1.807, 2.05) is 88.4 Å². The molecule has 0 saturated carbocycles. The van der Waals surface area contributed by atoms with E-state index in [4.69, 9.17) is 11.6 Å². The van der Waals surface area contributed by atoms with E-state index >= 15 is 0 Å². The molecular formula is C36H39BrClN3O4S. The normalized spacial score (nSPS) is 12.1. The van der Waals surface area contributed by atoms with Crippen LogP contribution < -0.4 is 9.62 Å². The molecule has 0 saturated heterocycles. The van der Waals surface area contributed by atoms with Crippen LogP contribution in [0.1, 0.15) is 36.1 Å². The smallest absolute Gasteiger partial charge is 0.264 e. The Labute approximate surface area is 285 Å². The van der Waals surface area contributed by atoms with Gasteiger partial charge in [-0.05, 0) is 90.6 Å². The molecule has 1 N–H and O–H groups in total. The summed E-state index contributed by atoms with van der Waals surface area (Å²) in [5.74, 6) is -0.623. The van der Waals surface area contributed by atoms with Crippen LogP contribution >= 0.6 is 27.5 Å². The summed E-state index contributed by atoms with van der Waals surface area (Å²) in [5, 5.41) is 3.40. The third-order valence-corrected chi connectivity index (χ3v) is 10.2. The zero-order valence-electron chi connectivity index (χ0n) is 26.4. The van der Waals surface area contributed by atoms with Crippen LogP contribution in [-0.2, 0) is 32.6 Å². The number of nitrogens with one attached hydrogen (secondary N) is 1. The Morgan fingerprint density at radius 3 is 2.11 bits per heavy atom. The van der Waals surface area contributed by atoms with Crippen LogP contribution in [0.25, 0.3) is 0 Å². The Morgan fingerprint density at radius 2 is 1.50 bits per heavy atom. The highest BCUT2D eigenvalue weighted by molar-refractivity contribution is 9.10. The number of carbonyl (C=O) groups is 2. The first kappa shape index (κ1) is 35.2. The fraction of sp³-hybridized carbons (Fsp3) is 0.278. The van der Waals surface area contributed by atoms with Gasteiger partial charge >= 0.3 is 0 Å². The van der Waals surface area contributed by atoms with Crippen LogP contribution in [-0.4, -0.2) is 44.3 Å². The predicted molar refractivity (Wildman–Crippen MR) is 188 cm³/mol. The number of carbonyl (C=O) groups excluding carboxylic acids is 2. The van der Waals surface area contributed by atoms with Crippen molar-refractivity contribution in [2.45, 2.75) is 51.6 Å². The maximum absolute atomic E-state index is 14.6. The lowest BCUT2D eigenvalue weighted by molar-refractivity contribution is -0.140. The third kappa shape index (κ3) is 9.21. The van der Waals surface area contributed by atoms with Crippen LogP contribution in [0, 0.1) is 19.8 Å². The van der Waals surface area contributed by atoms with Crippen molar-refractivity contribution in [3.8, 4) is 0 Å². The molecule has 0 fully saturated rings. The number of benzene rings is 4. The minimum absolute atomic E-state index is 0.00194. The van der Waals surface area contributed by atoms with Gasteiger partial charge in [0.2, 0.25) is 11.8 Å². The first-order valence-corrected chi connectivity index (χ1v) is 17.7. The summed E-state index contributed by atoms with van der Waals surface area (Å²) in [6, 6.07) is 27.2. The molecule has 1 atom stereocenters. The fourth-order valence-corrected chi connectivity index (χ4v) is 6.70. The SMILES string of the molecule is Cc1ccc(N(CC(=O)N(Cc2ccc(Br)cc2)[C@@H](Cc2ccccc2)C(=O)NCC(C)C)S(=O)(=O)c2ccc(Cl)cc2)cc1C. The summed E-state index contributed by atoms with van der Waals surface area (Å²) in [6.45, 7) is 7.84. The van der Waals surface area contributed by atoms with E-state index in [-0.39, 0.29) is 29.7 Å². The van der Waals surface area contributed by atoms with E-state index in [1.165, 1.54) is 29.2 Å². The van der Waals surface area contributed by atoms with Crippen LogP contribution in [0.15, 0.2) is 106 Å². The van der Waals surface area contributed by atoms with Crippen molar-refractivity contribution in [3.63, 3.8) is 0 Å². The molecule has 0 radical (unpaired) electrons. The number of rotatable bonds is 13. The monoisotopic (exact) mass is 723 g/mol. The summed E-state index contributed by atoms with van der Waals surface area (Å²) in [7, 11) is -4.21. The minimum Gasteiger partial charge on any atom is -0.354 e. The van der Waals surface area contributed by atoms with Gasteiger partial charge in [-0.3, -0.25) is 13.9 Å². The number of nitrogens with zero attached hydrogens (tertiary/aromatic N) is 2. The first-order valence-electron chi connectivity index (χ1n) is 15.1. The van der Waals surface area contributed by atoms with Crippen LogP contribution in [0.4, 0.5) is 5.69 Å². The van der Waals surface area contributed by atoms with E-state index in [9.17, 15) is 18.0 Å². The Kier molecular flexibility index (Phi) is 12.1. The molecule has 4 rings (SSSR count). The largest absolute Gasteiger partial charge is 0.354 e. The Hall–Kier alpha value is -3.66. The molecule has 4 aromatic rings. The quantitative estimate of drug-likeness (QED) is 0.157. The minimum atomic E-state index is -4.21. The zero-order chi connectivity index (χ0) is 33.4. The molecule has 242 valence electrons. The lowest BCUT2D eigenvalue weighted by Gasteiger charge is -2.34. The van der Waals surface area contributed by atoms with Crippen LogP contribution in [0.5, 0.6) is 0 Å². The van der Waals surface area contributed by atoms with Crippen LogP contribution in [0.3, 0.4) is 0 Å². The maximum atomic E-state index is 14.6. The molecule has 4 aromatic carbocycles. The molecule has 0 bridgehead atoms. The summed E-state index contributed by atoms with van der Waals surface area (Å²) >= 11 is 9.54. The van der Waals surface area contributed by atoms with Gasteiger partial charge in [-0.25, -0.2) is 8.42 Å². The molecule has 2 amide bonds. The van der Waals surface area contributed by atoms with E-state index in [0.29, 0.717) is 17.3 Å². The highest BCUT2D eigenvalue weighted by atomic mass is 79.9. The number of amides is 2. The van der Waals surface area contributed by atoms with Gasteiger partial charge in [-0.15, -0.1) is 0 Å². The van der Waals surface area contributed by atoms with Crippen molar-refractivity contribution >= 4 is 55.1 Å². The number of aryl methyl sites for hydroxylation is 2. The second-order valence-corrected chi connectivity index (χ2v) is 14.9. The third-order valence-electron chi connectivity index (χ3n) is 7.68. The van der Waals surface area contributed by atoms with Crippen molar-refractivity contribution in [1.82, 2.24) is 10.2 Å². The topological polar surface area (TPSA) is 86.8 Å². The molecule has 0 aromatic heterocycles. The van der Waals surface area contributed by atoms with E-state index in [2.05, 4.69) is 21.2 Å².